The Labute approximate surface area is 95.1 Å². The summed E-state index contributed by atoms with van der Waals surface area (Å²) in [6.45, 7) is 0.544. The zero-order chi connectivity index (χ0) is 9.97. The maximum atomic E-state index is 5.62. The minimum absolute atomic E-state index is 0.544. The molecule has 0 atom stereocenters. The van der Waals surface area contributed by atoms with E-state index in [9.17, 15) is 0 Å². The third-order valence-electron chi connectivity index (χ3n) is 1.97. The van der Waals surface area contributed by atoms with Crippen LogP contribution in [0.25, 0.3) is 10.4 Å². The number of hydrogen-bond donors (Lipinski definition) is 1. The van der Waals surface area contributed by atoms with Crippen LogP contribution in [0.1, 0.15) is 5.56 Å². The van der Waals surface area contributed by atoms with Crippen LogP contribution in [-0.2, 0) is 6.54 Å². The smallest absolute Gasteiger partial charge is 0.0594 e. The number of hydrogen-bond acceptors (Lipinski definition) is 3. The van der Waals surface area contributed by atoms with Crippen LogP contribution in [0.5, 0.6) is 0 Å². The highest BCUT2D eigenvalue weighted by molar-refractivity contribution is 9.10. The van der Waals surface area contributed by atoms with E-state index in [0.29, 0.717) is 6.54 Å². The van der Waals surface area contributed by atoms with E-state index in [-0.39, 0.29) is 0 Å². The topological polar surface area (TPSA) is 38.9 Å². The van der Waals surface area contributed by atoms with E-state index < -0.39 is 0 Å². The van der Waals surface area contributed by atoms with Crippen LogP contribution in [-0.4, -0.2) is 4.37 Å². The van der Waals surface area contributed by atoms with Crippen molar-refractivity contribution in [1.82, 2.24) is 4.37 Å². The zero-order valence-electron chi connectivity index (χ0n) is 7.40. The maximum Gasteiger partial charge on any atom is 0.0594 e. The second kappa shape index (κ2) is 4.21. The van der Waals surface area contributed by atoms with Gasteiger partial charge in [-0.2, -0.15) is 0 Å². The summed E-state index contributed by atoms with van der Waals surface area (Å²) in [7, 11) is 0. The van der Waals surface area contributed by atoms with E-state index in [1.807, 2.05) is 18.3 Å². The van der Waals surface area contributed by atoms with Crippen LogP contribution in [0.3, 0.4) is 0 Å². The number of aromatic nitrogens is 1. The van der Waals surface area contributed by atoms with E-state index in [2.05, 4.69) is 32.4 Å². The first kappa shape index (κ1) is 9.83. The highest BCUT2D eigenvalue weighted by Gasteiger charge is 2.05. The van der Waals surface area contributed by atoms with Crippen molar-refractivity contribution < 1.29 is 0 Å². The first-order chi connectivity index (χ1) is 6.81. The predicted molar refractivity (Wildman–Crippen MR) is 63.1 cm³/mol. The summed E-state index contributed by atoms with van der Waals surface area (Å²) in [4.78, 5) is 1.17. The fourth-order valence-corrected chi connectivity index (χ4v) is 2.29. The van der Waals surface area contributed by atoms with E-state index in [1.54, 1.807) is 0 Å². The van der Waals surface area contributed by atoms with Crippen LogP contribution in [0.2, 0.25) is 0 Å². The van der Waals surface area contributed by atoms with Crippen LogP contribution in [0.4, 0.5) is 0 Å². The molecule has 0 unspecified atom stereocenters. The Hall–Kier alpha value is -0.710. The van der Waals surface area contributed by atoms with Gasteiger partial charge in [0.05, 0.1) is 4.88 Å². The van der Waals surface area contributed by atoms with Crippen LogP contribution < -0.4 is 5.73 Å². The van der Waals surface area contributed by atoms with Crippen molar-refractivity contribution in [2.24, 2.45) is 5.73 Å². The van der Waals surface area contributed by atoms with Gasteiger partial charge in [0, 0.05) is 22.8 Å². The monoisotopic (exact) mass is 268 g/mol. The van der Waals surface area contributed by atoms with Gasteiger partial charge in [0.15, 0.2) is 0 Å². The molecule has 1 aromatic carbocycles. The minimum atomic E-state index is 0.544. The Morgan fingerprint density at radius 3 is 2.64 bits per heavy atom. The van der Waals surface area contributed by atoms with Crippen molar-refractivity contribution in [3.63, 3.8) is 0 Å². The molecule has 0 fully saturated rings. The zero-order valence-corrected chi connectivity index (χ0v) is 9.81. The third-order valence-corrected chi connectivity index (χ3v) is 3.39. The largest absolute Gasteiger partial charge is 0.326 e. The van der Waals surface area contributed by atoms with Gasteiger partial charge in [0.1, 0.15) is 0 Å². The molecule has 0 saturated heterocycles. The lowest BCUT2D eigenvalue weighted by atomic mass is 10.1. The molecule has 2 nitrogen and oxygen atoms in total. The molecule has 0 aliphatic rings. The van der Waals surface area contributed by atoms with Gasteiger partial charge in [-0.3, -0.25) is 0 Å². The fourth-order valence-electron chi connectivity index (χ4n) is 1.24. The molecule has 4 heteroatoms. The van der Waals surface area contributed by atoms with Gasteiger partial charge in [-0.1, -0.05) is 28.1 Å². The van der Waals surface area contributed by atoms with Crippen molar-refractivity contribution in [2.75, 3.05) is 0 Å². The predicted octanol–water partition coefficient (Wildman–Crippen LogP) is 3.03. The lowest BCUT2D eigenvalue weighted by molar-refractivity contribution is 1.08. The summed E-state index contributed by atoms with van der Waals surface area (Å²) in [5, 5.41) is 0. The van der Waals surface area contributed by atoms with Gasteiger partial charge in [-0.15, -0.1) is 0 Å². The Bertz CT molecular complexity index is 422. The normalized spacial score (nSPS) is 10.4. The fraction of sp³-hybridized carbons (Fsp3) is 0.100. The molecule has 0 aliphatic heterocycles. The molecule has 14 heavy (non-hydrogen) atoms. The first-order valence-corrected chi connectivity index (χ1v) is 5.77. The van der Waals surface area contributed by atoms with Crippen LogP contribution >= 0.6 is 27.5 Å². The first-order valence-electron chi connectivity index (χ1n) is 4.21. The van der Waals surface area contributed by atoms with Gasteiger partial charge >= 0.3 is 0 Å². The molecule has 0 saturated carbocycles. The lowest BCUT2D eigenvalue weighted by Crippen LogP contribution is -1.95. The van der Waals surface area contributed by atoms with Crippen LogP contribution in [0, 0.1) is 0 Å². The molecule has 1 aromatic heterocycles. The molecule has 1 heterocycles. The second-order valence-electron chi connectivity index (χ2n) is 2.89. The Kier molecular flexibility index (Phi) is 2.96. The highest BCUT2D eigenvalue weighted by atomic mass is 79.9. The molecule has 2 rings (SSSR count). The highest BCUT2D eigenvalue weighted by Crippen LogP contribution is 2.28. The lowest BCUT2D eigenvalue weighted by Gasteiger charge is -2.00. The molecule has 2 N–H and O–H groups in total. The molecule has 0 aliphatic carbocycles. The van der Waals surface area contributed by atoms with Crippen molar-refractivity contribution in [3.05, 3.63) is 40.5 Å². The van der Waals surface area contributed by atoms with Crippen molar-refractivity contribution >= 4 is 27.5 Å². The van der Waals surface area contributed by atoms with Crippen molar-refractivity contribution in [2.45, 2.75) is 6.54 Å². The number of rotatable bonds is 2. The summed E-state index contributed by atoms with van der Waals surface area (Å²) in [5.74, 6) is 0. The molecular formula is C10H9BrN2S. The van der Waals surface area contributed by atoms with Crippen LogP contribution in [0.15, 0.2) is 34.9 Å². The van der Waals surface area contributed by atoms with Gasteiger partial charge < -0.3 is 5.73 Å². The average molecular weight is 269 g/mol. The van der Waals surface area contributed by atoms with E-state index in [0.717, 1.165) is 10.0 Å². The molecule has 0 amide bonds. The third kappa shape index (κ3) is 1.87. The standard InChI is InChI=1S/C10H9BrN2S/c11-9-3-1-7(2-4-9)10-8(5-12)6-13-14-10/h1-4,6H,5,12H2. The Morgan fingerprint density at radius 2 is 2.00 bits per heavy atom. The summed E-state index contributed by atoms with van der Waals surface area (Å²) in [5.41, 5.74) is 7.91. The quantitative estimate of drug-likeness (QED) is 0.910. The molecule has 2 aromatic rings. The summed E-state index contributed by atoms with van der Waals surface area (Å²) >= 11 is 4.90. The number of halogens is 1. The van der Waals surface area contributed by atoms with Gasteiger partial charge in [0.2, 0.25) is 0 Å². The maximum absolute atomic E-state index is 5.62. The Balaban J connectivity index is 2.44. The summed E-state index contributed by atoms with van der Waals surface area (Å²) in [6, 6.07) is 8.18. The van der Waals surface area contributed by atoms with Crippen molar-refractivity contribution in [1.29, 1.82) is 0 Å². The summed E-state index contributed by atoms with van der Waals surface area (Å²) < 4.78 is 5.23. The van der Waals surface area contributed by atoms with E-state index in [4.69, 9.17) is 5.73 Å². The van der Waals surface area contributed by atoms with Gasteiger partial charge in [-0.05, 0) is 29.2 Å². The van der Waals surface area contributed by atoms with Crippen molar-refractivity contribution in [3.8, 4) is 10.4 Å². The summed E-state index contributed by atoms with van der Waals surface area (Å²) in [6.07, 6.45) is 1.84. The number of benzene rings is 1. The van der Waals surface area contributed by atoms with Gasteiger partial charge in [0.25, 0.3) is 0 Å². The molecule has 0 bridgehead atoms. The number of nitrogens with two attached hydrogens (primary N) is 1. The minimum Gasteiger partial charge on any atom is -0.326 e. The SMILES string of the molecule is NCc1cnsc1-c1ccc(Br)cc1. The van der Waals surface area contributed by atoms with Gasteiger partial charge in [-0.25, -0.2) is 4.37 Å². The van der Waals surface area contributed by atoms with E-state index >= 15 is 0 Å². The Morgan fingerprint density at radius 1 is 1.29 bits per heavy atom. The average Bonchev–Trinajstić information content (AvgIpc) is 2.67. The second-order valence-corrected chi connectivity index (χ2v) is 4.61. The molecule has 72 valence electrons. The molecular weight excluding hydrogens is 260 g/mol. The van der Waals surface area contributed by atoms with E-state index in [1.165, 1.54) is 22.0 Å². The molecule has 0 radical (unpaired) electrons. The molecule has 0 spiro atoms. The number of nitrogens with zero attached hydrogens (tertiary/aromatic N) is 1.